The first kappa shape index (κ1) is 7.34. The largest absolute Gasteiger partial charge is 0.395 e. The van der Waals surface area contributed by atoms with E-state index in [9.17, 15) is 8.78 Å². The van der Waals surface area contributed by atoms with Gasteiger partial charge in [0.2, 0.25) is 0 Å². The summed E-state index contributed by atoms with van der Waals surface area (Å²) < 4.78 is 24.9. The van der Waals surface area contributed by atoms with Crippen LogP contribution in [0.1, 0.15) is 0 Å². The van der Waals surface area contributed by atoms with E-state index in [4.69, 9.17) is 5.73 Å². The van der Waals surface area contributed by atoms with Crippen LogP contribution in [0, 0.1) is 11.6 Å². The molecule has 0 heterocycles. The van der Waals surface area contributed by atoms with Gasteiger partial charge < -0.3 is 5.73 Å². The number of rotatable bonds is 0. The Morgan fingerprint density at radius 2 is 1.70 bits per heavy atom. The summed E-state index contributed by atoms with van der Waals surface area (Å²) >= 11 is 3.64. The highest BCUT2D eigenvalue weighted by Crippen LogP contribution is 2.22. The van der Waals surface area contributed by atoms with Crippen molar-refractivity contribution in [2.45, 2.75) is 4.90 Å². The fraction of sp³-hybridized carbons (Fsp3) is 0. The molecule has 0 fully saturated rings. The number of nitrogen functional groups attached to an aromatic ring is 1. The second-order valence-corrected chi connectivity index (χ2v) is 2.24. The highest BCUT2D eigenvalue weighted by Gasteiger charge is 2.05. The highest BCUT2D eigenvalue weighted by molar-refractivity contribution is 7.80. The van der Waals surface area contributed by atoms with Gasteiger partial charge in [0.15, 0.2) is 0 Å². The number of thiol groups is 1. The van der Waals surface area contributed by atoms with Crippen LogP contribution >= 0.6 is 12.6 Å². The highest BCUT2D eigenvalue weighted by atomic mass is 32.1. The first-order valence-electron chi connectivity index (χ1n) is 2.55. The third-order valence-electron chi connectivity index (χ3n) is 1.11. The Morgan fingerprint density at radius 3 is 2.20 bits per heavy atom. The molecule has 0 aliphatic heterocycles. The Labute approximate surface area is 62.3 Å². The van der Waals surface area contributed by atoms with Gasteiger partial charge in [0.25, 0.3) is 0 Å². The zero-order valence-electron chi connectivity index (χ0n) is 4.94. The summed E-state index contributed by atoms with van der Waals surface area (Å²) in [6.07, 6.45) is 0. The maximum absolute atomic E-state index is 12.4. The summed E-state index contributed by atoms with van der Waals surface area (Å²) in [6.45, 7) is 0. The molecule has 2 N–H and O–H groups in total. The summed E-state index contributed by atoms with van der Waals surface area (Å²) in [5.41, 5.74) is 4.84. The molecular formula is C6H5F2NS. The fourth-order valence-electron chi connectivity index (χ4n) is 0.557. The maximum atomic E-state index is 12.4. The van der Waals surface area contributed by atoms with Crippen molar-refractivity contribution < 1.29 is 8.78 Å². The smallest absolute Gasteiger partial charge is 0.147 e. The summed E-state index contributed by atoms with van der Waals surface area (Å²) in [7, 11) is 0. The van der Waals surface area contributed by atoms with Crippen LogP contribution in [-0.4, -0.2) is 0 Å². The number of benzene rings is 1. The van der Waals surface area contributed by atoms with Crippen LogP contribution in [0.25, 0.3) is 0 Å². The van der Waals surface area contributed by atoms with Crippen molar-refractivity contribution in [3.05, 3.63) is 23.8 Å². The molecule has 1 aromatic rings. The van der Waals surface area contributed by atoms with Crippen molar-refractivity contribution in [1.82, 2.24) is 0 Å². The van der Waals surface area contributed by atoms with Crippen molar-refractivity contribution in [3.63, 3.8) is 0 Å². The number of halogens is 2. The predicted octanol–water partition coefficient (Wildman–Crippen LogP) is 1.84. The fourth-order valence-corrected chi connectivity index (χ4v) is 0.738. The van der Waals surface area contributed by atoms with E-state index < -0.39 is 11.6 Å². The number of hydrogen-bond donors (Lipinski definition) is 2. The number of hydrogen-bond acceptors (Lipinski definition) is 2. The van der Waals surface area contributed by atoms with E-state index in [0.29, 0.717) is 0 Å². The Balaban J connectivity index is 3.34. The van der Waals surface area contributed by atoms with Crippen molar-refractivity contribution in [2.24, 2.45) is 0 Å². The van der Waals surface area contributed by atoms with Gasteiger partial charge >= 0.3 is 0 Å². The van der Waals surface area contributed by atoms with E-state index in [1.807, 2.05) is 0 Å². The summed E-state index contributed by atoms with van der Waals surface area (Å²) in [5, 5.41) is 0. The lowest BCUT2D eigenvalue weighted by Crippen LogP contribution is -1.93. The molecule has 1 aromatic carbocycles. The van der Waals surface area contributed by atoms with Gasteiger partial charge in [-0.05, 0) is 12.1 Å². The quantitative estimate of drug-likeness (QED) is 0.440. The molecule has 0 aliphatic carbocycles. The molecule has 1 rings (SSSR count). The van der Waals surface area contributed by atoms with Gasteiger partial charge in [-0.3, -0.25) is 0 Å². The standard InChI is InChI=1S/C6H5F2NS/c7-3-1-2-4(8)6(10)5(3)9/h1-2,10H,9H2. The zero-order valence-corrected chi connectivity index (χ0v) is 5.83. The zero-order chi connectivity index (χ0) is 7.72. The summed E-state index contributed by atoms with van der Waals surface area (Å²) in [5.74, 6) is -1.26. The third-order valence-corrected chi connectivity index (χ3v) is 1.57. The summed E-state index contributed by atoms with van der Waals surface area (Å²) in [4.78, 5) is -0.139. The number of nitrogens with two attached hydrogens (primary N) is 1. The Morgan fingerprint density at radius 1 is 1.20 bits per heavy atom. The third kappa shape index (κ3) is 1.07. The van der Waals surface area contributed by atoms with Gasteiger partial charge in [-0.2, -0.15) is 0 Å². The van der Waals surface area contributed by atoms with Crippen LogP contribution < -0.4 is 5.73 Å². The van der Waals surface area contributed by atoms with E-state index in [1.165, 1.54) is 0 Å². The molecule has 0 aliphatic rings. The summed E-state index contributed by atoms with van der Waals surface area (Å²) in [6, 6.07) is 1.94. The van der Waals surface area contributed by atoms with Gasteiger partial charge in [0.1, 0.15) is 11.6 Å². The molecule has 0 bridgehead atoms. The van der Waals surface area contributed by atoms with Crippen molar-refractivity contribution in [3.8, 4) is 0 Å². The van der Waals surface area contributed by atoms with Crippen LogP contribution in [-0.2, 0) is 0 Å². The van der Waals surface area contributed by atoms with E-state index >= 15 is 0 Å². The predicted molar refractivity (Wildman–Crippen MR) is 38.0 cm³/mol. The van der Waals surface area contributed by atoms with Crippen LogP contribution in [0.4, 0.5) is 14.5 Å². The monoisotopic (exact) mass is 161 g/mol. The molecule has 10 heavy (non-hydrogen) atoms. The van der Waals surface area contributed by atoms with Crippen LogP contribution in [0.2, 0.25) is 0 Å². The van der Waals surface area contributed by atoms with Crippen LogP contribution in [0.15, 0.2) is 17.0 Å². The van der Waals surface area contributed by atoms with E-state index in [-0.39, 0.29) is 10.6 Å². The molecular weight excluding hydrogens is 156 g/mol. The normalized spacial score (nSPS) is 9.90. The first-order chi connectivity index (χ1) is 4.63. The van der Waals surface area contributed by atoms with E-state index in [2.05, 4.69) is 12.6 Å². The molecule has 1 nitrogen and oxygen atoms in total. The van der Waals surface area contributed by atoms with Gasteiger partial charge in [-0.25, -0.2) is 8.78 Å². The topological polar surface area (TPSA) is 26.0 Å². The lowest BCUT2D eigenvalue weighted by molar-refractivity contribution is 0.582. The van der Waals surface area contributed by atoms with Crippen molar-refractivity contribution >= 4 is 18.3 Å². The Kier molecular flexibility index (Phi) is 1.80. The molecule has 54 valence electrons. The van der Waals surface area contributed by atoms with Gasteiger partial charge in [0.05, 0.1) is 10.6 Å². The molecule has 0 amide bonds. The lowest BCUT2D eigenvalue weighted by Gasteiger charge is -1.99. The molecule has 0 saturated carbocycles. The molecule has 0 unspecified atom stereocenters. The molecule has 0 spiro atoms. The minimum atomic E-state index is -0.647. The van der Waals surface area contributed by atoms with Crippen LogP contribution in [0.3, 0.4) is 0 Å². The van der Waals surface area contributed by atoms with Crippen LogP contribution in [0.5, 0.6) is 0 Å². The van der Waals surface area contributed by atoms with E-state index in [0.717, 1.165) is 12.1 Å². The van der Waals surface area contributed by atoms with Crippen molar-refractivity contribution in [1.29, 1.82) is 0 Å². The molecule has 0 radical (unpaired) electrons. The minimum Gasteiger partial charge on any atom is -0.395 e. The van der Waals surface area contributed by atoms with Gasteiger partial charge in [0, 0.05) is 0 Å². The molecule has 0 saturated heterocycles. The second kappa shape index (κ2) is 2.46. The average Bonchev–Trinajstić information content (AvgIpc) is 1.93. The maximum Gasteiger partial charge on any atom is 0.147 e. The van der Waals surface area contributed by atoms with Gasteiger partial charge in [-0.15, -0.1) is 12.6 Å². The molecule has 0 aromatic heterocycles. The Hall–Kier alpha value is -0.770. The first-order valence-corrected chi connectivity index (χ1v) is 3.00. The van der Waals surface area contributed by atoms with Crippen molar-refractivity contribution in [2.75, 3.05) is 5.73 Å². The molecule has 4 heteroatoms. The average molecular weight is 161 g/mol. The van der Waals surface area contributed by atoms with E-state index in [1.54, 1.807) is 0 Å². The SMILES string of the molecule is Nc1c(F)ccc(F)c1S. The minimum absolute atomic E-state index is 0.139. The Bertz CT molecular complexity index is 235. The lowest BCUT2D eigenvalue weighted by atomic mass is 10.3. The number of anilines is 1. The second-order valence-electron chi connectivity index (χ2n) is 1.79. The molecule has 0 atom stereocenters. The van der Waals surface area contributed by atoms with Gasteiger partial charge in [-0.1, -0.05) is 0 Å².